The average Bonchev–Trinajstić information content (AvgIpc) is 3.12. The molecule has 0 aliphatic heterocycles. The SMILES string of the molecule is Cc1ccc(OCc2nc(SCc3c(C)noc3C)n[nH]2)cc1. The van der Waals surface area contributed by atoms with Gasteiger partial charge in [0, 0.05) is 11.3 Å². The Morgan fingerprint density at radius 3 is 2.65 bits per heavy atom. The first-order valence-electron chi connectivity index (χ1n) is 7.27. The first-order chi connectivity index (χ1) is 11.1. The molecule has 6 nitrogen and oxygen atoms in total. The zero-order chi connectivity index (χ0) is 16.2. The molecule has 3 rings (SSSR count). The summed E-state index contributed by atoms with van der Waals surface area (Å²) in [5, 5.41) is 11.7. The highest BCUT2D eigenvalue weighted by atomic mass is 32.2. The van der Waals surface area contributed by atoms with Gasteiger partial charge in [-0.05, 0) is 32.9 Å². The second kappa shape index (κ2) is 6.87. The van der Waals surface area contributed by atoms with E-state index in [9.17, 15) is 0 Å². The monoisotopic (exact) mass is 330 g/mol. The Balaban J connectivity index is 1.54. The van der Waals surface area contributed by atoms with Crippen molar-refractivity contribution >= 4 is 11.8 Å². The number of H-pyrrole nitrogens is 1. The molecule has 0 saturated heterocycles. The molecule has 120 valence electrons. The fourth-order valence-electron chi connectivity index (χ4n) is 2.04. The Kier molecular flexibility index (Phi) is 4.66. The summed E-state index contributed by atoms with van der Waals surface area (Å²) in [6, 6.07) is 7.92. The van der Waals surface area contributed by atoms with Crippen molar-refractivity contribution in [2.75, 3.05) is 0 Å². The predicted octanol–water partition coefficient (Wildman–Crippen LogP) is 3.59. The fourth-order valence-corrected chi connectivity index (χ4v) is 3.01. The second-order valence-electron chi connectivity index (χ2n) is 5.26. The van der Waals surface area contributed by atoms with Crippen molar-refractivity contribution in [1.82, 2.24) is 20.3 Å². The lowest BCUT2D eigenvalue weighted by Crippen LogP contribution is -1.97. The highest BCUT2D eigenvalue weighted by molar-refractivity contribution is 7.98. The van der Waals surface area contributed by atoms with E-state index in [0.717, 1.165) is 28.5 Å². The number of benzene rings is 1. The fraction of sp³-hybridized carbons (Fsp3) is 0.312. The number of nitrogens with zero attached hydrogens (tertiary/aromatic N) is 3. The molecule has 0 radical (unpaired) electrons. The molecule has 0 aliphatic carbocycles. The van der Waals surface area contributed by atoms with Gasteiger partial charge in [-0.1, -0.05) is 34.6 Å². The topological polar surface area (TPSA) is 76.8 Å². The summed E-state index contributed by atoms with van der Waals surface area (Å²) in [4.78, 5) is 4.42. The van der Waals surface area contributed by atoms with E-state index in [1.807, 2.05) is 45.0 Å². The standard InChI is InChI=1S/C16H18N4O2S/c1-10-4-6-13(7-5-10)21-8-15-17-16(19-18-15)23-9-14-11(2)20-22-12(14)3/h4-7H,8-9H2,1-3H3,(H,17,18,19). The molecule has 0 fully saturated rings. The van der Waals surface area contributed by atoms with Gasteiger partial charge in [-0.15, -0.1) is 5.10 Å². The van der Waals surface area contributed by atoms with E-state index >= 15 is 0 Å². The van der Waals surface area contributed by atoms with Crippen LogP contribution in [0.25, 0.3) is 0 Å². The third-order valence-corrected chi connectivity index (χ3v) is 4.31. The molecule has 0 bridgehead atoms. The summed E-state index contributed by atoms with van der Waals surface area (Å²) in [6.07, 6.45) is 0. The maximum Gasteiger partial charge on any atom is 0.208 e. The molecule has 3 aromatic rings. The van der Waals surface area contributed by atoms with Crippen molar-refractivity contribution in [1.29, 1.82) is 0 Å². The van der Waals surface area contributed by atoms with E-state index in [1.54, 1.807) is 11.8 Å². The minimum Gasteiger partial charge on any atom is -0.486 e. The van der Waals surface area contributed by atoms with Crippen molar-refractivity contribution in [3.8, 4) is 5.75 Å². The lowest BCUT2D eigenvalue weighted by molar-refractivity contribution is 0.296. The van der Waals surface area contributed by atoms with Crippen molar-refractivity contribution in [3.05, 3.63) is 52.7 Å². The number of rotatable bonds is 6. The lowest BCUT2D eigenvalue weighted by atomic mass is 10.2. The maximum absolute atomic E-state index is 5.68. The zero-order valence-electron chi connectivity index (χ0n) is 13.3. The third kappa shape index (κ3) is 3.92. The zero-order valence-corrected chi connectivity index (χ0v) is 14.1. The van der Waals surface area contributed by atoms with Crippen LogP contribution in [0.15, 0.2) is 33.9 Å². The second-order valence-corrected chi connectivity index (χ2v) is 6.20. The van der Waals surface area contributed by atoms with Gasteiger partial charge in [0.15, 0.2) is 5.82 Å². The van der Waals surface area contributed by atoms with Crippen LogP contribution in [-0.2, 0) is 12.4 Å². The van der Waals surface area contributed by atoms with Crippen LogP contribution in [0.4, 0.5) is 0 Å². The molecule has 1 N–H and O–H groups in total. The van der Waals surface area contributed by atoms with Gasteiger partial charge >= 0.3 is 0 Å². The van der Waals surface area contributed by atoms with Crippen LogP contribution in [-0.4, -0.2) is 20.3 Å². The summed E-state index contributed by atoms with van der Waals surface area (Å²) < 4.78 is 10.8. The summed E-state index contributed by atoms with van der Waals surface area (Å²) in [5.74, 6) is 3.09. The molecule has 1 aromatic carbocycles. The summed E-state index contributed by atoms with van der Waals surface area (Å²) >= 11 is 1.54. The number of aromatic nitrogens is 4. The minimum absolute atomic E-state index is 0.363. The molecule has 0 atom stereocenters. The van der Waals surface area contributed by atoms with Gasteiger partial charge in [0.05, 0.1) is 5.69 Å². The van der Waals surface area contributed by atoms with Crippen LogP contribution in [0.3, 0.4) is 0 Å². The lowest BCUT2D eigenvalue weighted by Gasteiger charge is -2.03. The highest BCUT2D eigenvalue weighted by Gasteiger charge is 2.11. The van der Waals surface area contributed by atoms with E-state index in [1.165, 1.54) is 5.56 Å². The smallest absolute Gasteiger partial charge is 0.208 e. The van der Waals surface area contributed by atoms with E-state index in [-0.39, 0.29) is 0 Å². The average molecular weight is 330 g/mol. The van der Waals surface area contributed by atoms with E-state index in [2.05, 4.69) is 20.3 Å². The molecule has 0 spiro atoms. The molecular weight excluding hydrogens is 312 g/mol. The molecule has 0 aliphatic rings. The Labute approximate surface area is 138 Å². The Morgan fingerprint density at radius 1 is 1.17 bits per heavy atom. The number of ether oxygens (including phenoxy) is 1. The number of hydrogen-bond acceptors (Lipinski definition) is 6. The first-order valence-corrected chi connectivity index (χ1v) is 8.25. The van der Waals surface area contributed by atoms with Crippen molar-refractivity contribution in [2.24, 2.45) is 0 Å². The maximum atomic E-state index is 5.68. The molecule has 7 heteroatoms. The summed E-state index contributed by atoms with van der Waals surface area (Å²) in [5.41, 5.74) is 3.21. The highest BCUT2D eigenvalue weighted by Crippen LogP contribution is 2.23. The summed E-state index contributed by atoms with van der Waals surface area (Å²) in [7, 11) is 0. The third-order valence-electron chi connectivity index (χ3n) is 3.43. The van der Waals surface area contributed by atoms with Crippen molar-refractivity contribution in [2.45, 2.75) is 38.3 Å². The van der Waals surface area contributed by atoms with Crippen LogP contribution in [0.2, 0.25) is 0 Å². The van der Waals surface area contributed by atoms with E-state index in [0.29, 0.717) is 17.6 Å². The number of nitrogens with one attached hydrogen (secondary N) is 1. The van der Waals surface area contributed by atoms with Crippen LogP contribution in [0.1, 0.15) is 28.4 Å². The number of aryl methyl sites for hydroxylation is 3. The number of aromatic amines is 1. The number of thioether (sulfide) groups is 1. The Bertz CT molecular complexity index is 760. The van der Waals surface area contributed by atoms with Gasteiger partial charge in [0.1, 0.15) is 18.1 Å². The molecule has 2 heterocycles. The van der Waals surface area contributed by atoms with Gasteiger partial charge in [0.25, 0.3) is 0 Å². The van der Waals surface area contributed by atoms with Crippen LogP contribution in [0.5, 0.6) is 5.75 Å². The largest absolute Gasteiger partial charge is 0.486 e. The molecule has 0 amide bonds. The van der Waals surface area contributed by atoms with Gasteiger partial charge in [-0.25, -0.2) is 4.98 Å². The van der Waals surface area contributed by atoms with Crippen molar-refractivity contribution < 1.29 is 9.26 Å². The van der Waals surface area contributed by atoms with E-state index < -0.39 is 0 Å². The van der Waals surface area contributed by atoms with Crippen LogP contribution >= 0.6 is 11.8 Å². The van der Waals surface area contributed by atoms with Crippen molar-refractivity contribution in [3.63, 3.8) is 0 Å². The van der Waals surface area contributed by atoms with Gasteiger partial charge in [0.2, 0.25) is 5.16 Å². The first kappa shape index (κ1) is 15.6. The normalized spacial score (nSPS) is 10.9. The van der Waals surface area contributed by atoms with E-state index in [4.69, 9.17) is 9.26 Å². The predicted molar refractivity (Wildman–Crippen MR) is 87.4 cm³/mol. The molecule has 0 unspecified atom stereocenters. The molecular formula is C16H18N4O2S. The molecule has 0 saturated carbocycles. The van der Waals surface area contributed by atoms with Gasteiger partial charge < -0.3 is 9.26 Å². The van der Waals surface area contributed by atoms with Crippen LogP contribution in [0, 0.1) is 20.8 Å². The summed E-state index contributed by atoms with van der Waals surface area (Å²) in [6.45, 7) is 6.25. The molecule has 23 heavy (non-hydrogen) atoms. The Hall–Kier alpha value is -2.28. The van der Waals surface area contributed by atoms with Gasteiger partial charge in [-0.3, -0.25) is 5.10 Å². The van der Waals surface area contributed by atoms with Crippen LogP contribution < -0.4 is 4.74 Å². The number of hydrogen-bond donors (Lipinski definition) is 1. The quantitative estimate of drug-likeness (QED) is 0.696. The van der Waals surface area contributed by atoms with Gasteiger partial charge in [-0.2, -0.15) is 0 Å². The Morgan fingerprint density at radius 2 is 1.96 bits per heavy atom. The minimum atomic E-state index is 0.363. The molecule has 2 aromatic heterocycles.